The largest absolute Gasteiger partial charge is 0.255 e. The fourth-order valence-electron chi connectivity index (χ4n) is 3.28. The van der Waals surface area contributed by atoms with Crippen LogP contribution in [0.5, 0.6) is 0 Å². The maximum atomic E-state index is 10.7. The van der Waals surface area contributed by atoms with Crippen molar-refractivity contribution in [2.24, 2.45) is 0 Å². The summed E-state index contributed by atoms with van der Waals surface area (Å²) in [5, 5.41) is 8.81. The van der Waals surface area contributed by atoms with Crippen molar-refractivity contribution in [1.29, 1.82) is 0 Å². The molecule has 0 aliphatic carbocycles. The molecule has 6 heterocycles. The Kier molecular flexibility index (Phi) is 14.4. The van der Waals surface area contributed by atoms with Crippen LogP contribution in [-0.4, -0.2) is 41.0 Å². The van der Waals surface area contributed by atoms with Crippen LogP contribution in [-0.2, 0) is 15.1 Å². The number of aromatic nitrogens is 6. The van der Waals surface area contributed by atoms with Crippen molar-refractivity contribution < 1.29 is 25.0 Å². The zero-order valence-corrected chi connectivity index (χ0v) is 25.2. The maximum absolute atomic E-state index is 10.7. The van der Waals surface area contributed by atoms with E-state index >= 15 is 0 Å². The summed E-state index contributed by atoms with van der Waals surface area (Å²) in [4.78, 5) is 35.6. The molecule has 0 atom stereocenters. The molecule has 0 aliphatic rings. The van der Waals surface area contributed by atoms with Crippen LogP contribution in [0.3, 0.4) is 0 Å². The van der Waals surface area contributed by atoms with Crippen LogP contribution >= 0.6 is 19.4 Å². The second-order valence-electron chi connectivity index (χ2n) is 7.86. The summed E-state index contributed by atoms with van der Waals surface area (Å²) < 4.78 is 0. The molecular weight excluding hydrogens is 660 g/mol. The fourth-order valence-corrected chi connectivity index (χ4v) is 3.28. The fraction of sp³-hybridized carbons (Fsp3) is 0. The molecule has 212 valence electrons. The number of carbonyl (C=O) groups is 1. The van der Waals surface area contributed by atoms with Crippen LogP contribution in [0.2, 0.25) is 0 Å². The minimum Gasteiger partial charge on any atom is -0.255 e. The molecule has 42 heavy (non-hydrogen) atoms. The number of halogens is 2. The van der Waals surface area contributed by atoms with Crippen LogP contribution in [0.4, 0.5) is 0 Å². The van der Waals surface area contributed by atoms with E-state index in [1.165, 1.54) is 18.3 Å². The Morgan fingerprint density at radius 1 is 0.476 bits per heavy atom. The molecule has 0 aliphatic heterocycles. The summed E-state index contributed by atoms with van der Waals surface area (Å²) in [6, 6.07) is 31.6. The number of rotatable bonds is 4. The molecule has 11 heteroatoms. The molecule has 6 aromatic rings. The van der Waals surface area contributed by atoms with Gasteiger partial charge in [0.2, 0.25) is 0 Å². The maximum Gasteiger partial charge on any atom is 0.0886 e. The number of pyridine rings is 6. The summed E-state index contributed by atoms with van der Waals surface area (Å²) >= 11 is -0.346. The molecule has 0 saturated heterocycles. The number of nitrogens with zero attached hydrogens (tertiary/aromatic N) is 6. The molecule has 6 aromatic heterocycles. The van der Waals surface area contributed by atoms with Crippen LogP contribution in [0.15, 0.2) is 140 Å². The minimum atomic E-state index is -0.963. The molecule has 0 fully saturated rings. The predicted molar refractivity (Wildman–Crippen MR) is 161 cm³/mol. The third-order valence-corrected chi connectivity index (χ3v) is 5.12. The molecule has 0 bridgehead atoms. The zero-order chi connectivity index (χ0) is 29.8. The van der Waals surface area contributed by atoms with Gasteiger partial charge in [0.1, 0.15) is 0 Å². The van der Waals surface area contributed by atoms with Gasteiger partial charge >= 0.3 is 40.5 Å². The van der Waals surface area contributed by atoms with Crippen LogP contribution in [0.1, 0.15) is 10.4 Å². The Balaban J connectivity index is 0.000000166. The normalized spacial score (nSPS) is 9.57. The molecular formula is C31H24Cl2N6O2Ru. The summed E-state index contributed by atoms with van der Waals surface area (Å²) in [5.41, 5.74) is 5.11. The minimum absolute atomic E-state index is 0.214. The third-order valence-electron chi connectivity index (χ3n) is 5.12. The van der Waals surface area contributed by atoms with E-state index in [2.05, 4.69) is 29.9 Å². The van der Waals surface area contributed by atoms with Gasteiger partial charge in [0.05, 0.1) is 39.7 Å². The van der Waals surface area contributed by atoms with Crippen molar-refractivity contribution >= 4 is 25.4 Å². The van der Waals surface area contributed by atoms with Crippen molar-refractivity contribution in [3.63, 3.8) is 0 Å². The Labute approximate surface area is 259 Å². The average Bonchev–Trinajstić information content (AvgIpc) is 3.08. The Bertz CT molecular complexity index is 1440. The van der Waals surface area contributed by atoms with Gasteiger partial charge in [-0.2, -0.15) is 0 Å². The van der Waals surface area contributed by atoms with Crippen molar-refractivity contribution in [3.05, 3.63) is 146 Å². The smallest absolute Gasteiger partial charge is 0.0886 e. The van der Waals surface area contributed by atoms with Crippen molar-refractivity contribution in [3.8, 4) is 34.2 Å². The van der Waals surface area contributed by atoms with Crippen molar-refractivity contribution in [1.82, 2.24) is 29.9 Å². The Morgan fingerprint density at radius 2 is 0.762 bits per heavy atom. The van der Waals surface area contributed by atoms with Crippen molar-refractivity contribution in [2.45, 2.75) is 0 Å². The summed E-state index contributed by atoms with van der Waals surface area (Å²) in [6.07, 6.45) is 10.2. The van der Waals surface area contributed by atoms with E-state index < -0.39 is 5.97 Å². The van der Waals surface area contributed by atoms with E-state index in [1.807, 2.05) is 78.9 Å². The molecule has 0 spiro atoms. The Morgan fingerprint density at radius 3 is 1.02 bits per heavy atom. The van der Waals surface area contributed by atoms with Gasteiger partial charge < -0.3 is 5.11 Å². The van der Waals surface area contributed by atoms with E-state index in [0.29, 0.717) is 11.4 Å². The molecule has 0 unspecified atom stereocenters. The van der Waals surface area contributed by atoms with Gasteiger partial charge in [0.15, 0.2) is 0 Å². The number of hydrogen-bond acceptors (Lipinski definition) is 7. The van der Waals surface area contributed by atoms with E-state index in [-0.39, 0.29) is 20.7 Å². The van der Waals surface area contributed by atoms with Gasteiger partial charge in [0.25, 0.3) is 0 Å². The molecule has 1 N–H and O–H groups in total. The molecule has 0 radical (unpaired) electrons. The van der Waals surface area contributed by atoms with Gasteiger partial charge in [-0.15, -0.1) is 0 Å². The number of carboxylic acid groups (broad SMARTS) is 1. The Hall–Kier alpha value is -4.43. The monoisotopic (exact) mass is 684 g/mol. The van der Waals surface area contributed by atoms with Crippen molar-refractivity contribution in [2.75, 3.05) is 0 Å². The molecule has 0 aromatic carbocycles. The first-order valence-corrected chi connectivity index (χ1v) is 16.7. The van der Waals surface area contributed by atoms with Crippen LogP contribution in [0, 0.1) is 0 Å². The first-order valence-electron chi connectivity index (χ1n) is 12.2. The molecule has 0 amide bonds. The second kappa shape index (κ2) is 18.8. The molecule has 0 saturated carbocycles. The molecule has 8 nitrogen and oxygen atoms in total. The summed E-state index contributed by atoms with van der Waals surface area (Å²) in [5.74, 6) is -0.963. The standard InChI is InChI=1S/C11H8N2O2.2C10H8N2.2ClH.Ru/c14-11(15)8-4-6-13-10(7-8)9-3-1-2-5-12-9;2*1-3-7-11-9(5-1)10-6-2-4-8-12-10;;;/h1-7H,(H,14,15);2*1-8H;2*1H;/q;;;;;+2/p-2. The first kappa shape index (κ1) is 32.1. The number of aromatic carboxylic acids is 1. The second-order valence-corrected chi connectivity index (χ2v) is 10.5. The molecule has 6 rings (SSSR count). The predicted octanol–water partition coefficient (Wildman–Crippen LogP) is 7.51. The SMILES string of the molecule is O=C(O)c1ccnc(-c2ccccn2)c1.[Cl][Ru][Cl].c1ccc(-c2ccccn2)nc1.c1ccc(-c2ccccn2)nc1. The quantitative estimate of drug-likeness (QED) is 0.190. The van der Waals surface area contributed by atoms with E-state index in [1.54, 1.807) is 43.1 Å². The average molecular weight is 685 g/mol. The third kappa shape index (κ3) is 11.2. The van der Waals surface area contributed by atoms with Gasteiger partial charge in [-0.3, -0.25) is 29.9 Å². The van der Waals surface area contributed by atoms with Gasteiger partial charge in [-0.25, -0.2) is 4.79 Å². The van der Waals surface area contributed by atoms with E-state index in [0.717, 1.165) is 22.8 Å². The number of hydrogen-bond donors (Lipinski definition) is 1. The van der Waals surface area contributed by atoms with Crippen LogP contribution < -0.4 is 0 Å². The topological polar surface area (TPSA) is 115 Å². The van der Waals surface area contributed by atoms with Gasteiger partial charge in [-0.05, 0) is 72.8 Å². The van der Waals surface area contributed by atoms with Gasteiger partial charge in [-0.1, -0.05) is 30.3 Å². The van der Waals surface area contributed by atoms with Crippen LogP contribution in [0.25, 0.3) is 34.2 Å². The van der Waals surface area contributed by atoms with E-state index in [9.17, 15) is 4.79 Å². The summed E-state index contributed by atoms with van der Waals surface area (Å²) in [6.45, 7) is 0. The van der Waals surface area contributed by atoms with E-state index in [4.69, 9.17) is 24.5 Å². The first-order chi connectivity index (χ1) is 20.6. The van der Waals surface area contributed by atoms with Gasteiger partial charge in [0, 0.05) is 37.2 Å². The zero-order valence-electron chi connectivity index (χ0n) is 21.9. The number of carboxylic acids is 1. The summed E-state index contributed by atoms with van der Waals surface area (Å²) in [7, 11) is 9.71.